The summed E-state index contributed by atoms with van der Waals surface area (Å²) >= 11 is 6.23. The van der Waals surface area contributed by atoms with Crippen molar-refractivity contribution in [1.29, 1.82) is 0 Å². The van der Waals surface area contributed by atoms with Gasteiger partial charge in [0.2, 0.25) is 0 Å². The molecule has 96 valence electrons. The highest BCUT2D eigenvalue weighted by atomic mass is 35.5. The van der Waals surface area contributed by atoms with Crippen molar-refractivity contribution >= 4 is 22.6 Å². The van der Waals surface area contributed by atoms with Gasteiger partial charge < -0.3 is 4.57 Å². The second-order valence-electron chi connectivity index (χ2n) is 4.39. The van der Waals surface area contributed by atoms with E-state index in [0.29, 0.717) is 0 Å². The fourth-order valence-corrected chi connectivity index (χ4v) is 2.31. The summed E-state index contributed by atoms with van der Waals surface area (Å²) in [6.45, 7) is 2.66. The van der Waals surface area contributed by atoms with E-state index in [9.17, 15) is 0 Å². The Morgan fingerprint density at radius 1 is 1.16 bits per heavy atom. The number of pyridine rings is 2. The summed E-state index contributed by atoms with van der Waals surface area (Å²) in [6.07, 6.45) is 7.12. The Bertz CT molecular complexity index is 691. The maximum atomic E-state index is 6.23. The van der Waals surface area contributed by atoms with Gasteiger partial charge in [-0.3, -0.25) is 9.97 Å². The van der Waals surface area contributed by atoms with Crippen LogP contribution in [0.1, 0.15) is 23.7 Å². The molecule has 0 saturated carbocycles. The van der Waals surface area contributed by atoms with Gasteiger partial charge in [-0.2, -0.15) is 0 Å². The van der Waals surface area contributed by atoms with Gasteiger partial charge in [-0.15, -0.1) is 11.6 Å². The summed E-state index contributed by atoms with van der Waals surface area (Å²) in [7, 11) is 0. The molecular weight excluding hydrogens is 260 g/mol. The largest absolute Gasteiger partial charge is 0.322 e. The molecule has 5 heteroatoms. The zero-order valence-electron chi connectivity index (χ0n) is 10.5. The average molecular weight is 273 g/mol. The summed E-state index contributed by atoms with van der Waals surface area (Å²) in [5.41, 5.74) is 3.10. The minimum absolute atomic E-state index is 0.144. The first-order valence-electron chi connectivity index (χ1n) is 6.09. The lowest BCUT2D eigenvalue weighted by Crippen LogP contribution is -2.05. The normalized spacial score (nSPS) is 12.7. The molecule has 0 amide bonds. The number of imidazole rings is 1. The first-order chi connectivity index (χ1) is 9.25. The smallest absolute Gasteiger partial charge is 0.128 e. The van der Waals surface area contributed by atoms with Gasteiger partial charge in [0.25, 0.3) is 0 Å². The van der Waals surface area contributed by atoms with E-state index in [4.69, 9.17) is 11.6 Å². The van der Waals surface area contributed by atoms with E-state index < -0.39 is 0 Å². The fourth-order valence-electron chi connectivity index (χ4n) is 2.14. The lowest BCUT2D eigenvalue weighted by Gasteiger charge is -2.10. The molecule has 4 nitrogen and oxygen atoms in total. The number of alkyl halides is 1. The van der Waals surface area contributed by atoms with E-state index in [1.165, 1.54) is 5.56 Å². The molecule has 0 aromatic carbocycles. The first kappa shape index (κ1) is 12.1. The van der Waals surface area contributed by atoms with Crippen molar-refractivity contribution in [3.8, 4) is 0 Å². The number of hydrogen-bond acceptors (Lipinski definition) is 3. The van der Waals surface area contributed by atoms with E-state index in [2.05, 4.69) is 19.5 Å². The van der Waals surface area contributed by atoms with Gasteiger partial charge in [0.15, 0.2) is 0 Å². The number of fused-ring (bicyclic) bond motifs is 1. The Labute approximate surface area is 116 Å². The van der Waals surface area contributed by atoms with Crippen LogP contribution in [0.25, 0.3) is 11.0 Å². The summed E-state index contributed by atoms with van der Waals surface area (Å²) in [5.74, 6) is 0.862. The molecule has 0 aliphatic carbocycles. The third-order valence-corrected chi connectivity index (χ3v) is 3.22. The standard InChI is InChI=1S/C14H13ClN4/c1-10(15)14-18-12-8-17-7-4-13(12)19(14)9-11-2-5-16-6-3-11/h2-8,10H,9H2,1H3. The van der Waals surface area contributed by atoms with Crippen LogP contribution in [0, 0.1) is 0 Å². The lowest BCUT2D eigenvalue weighted by atomic mass is 10.2. The minimum Gasteiger partial charge on any atom is -0.322 e. The maximum Gasteiger partial charge on any atom is 0.128 e. The Kier molecular flexibility index (Phi) is 3.17. The van der Waals surface area contributed by atoms with Crippen molar-refractivity contribution < 1.29 is 0 Å². The Morgan fingerprint density at radius 3 is 2.63 bits per heavy atom. The fraction of sp³-hybridized carbons (Fsp3) is 0.214. The van der Waals surface area contributed by atoms with E-state index >= 15 is 0 Å². The summed E-state index contributed by atoms with van der Waals surface area (Å²) in [4.78, 5) is 12.7. The highest BCUT2D eigenvalue weighted by molar-refractivity contribution is 6.20. The Morgan fingerprint density at radius 2 is 1.89 bits per heavy atom. The van der Waals surface area contributed by atoms with Crippen molar-refractivity contribution in [2.45, 2.75) is 18.8 Å². The predicted octanol–water partition coefficient (Wildman–Crippen LogP) is 3.17. The predicted molar refractivity (Wildman–Crippen MR) is 75.1 cm³/mol. The van der Waals surface area contributed by atoms with Gasteiger partial charge in [0.1, 0.15) is 11.3 Å². The SMILES string of the molecule is CC(Cl)c1nc2cnccc2n1Cc1ccncc1. The quantitative estimate of drug-likeness (QED) is 0.688. The number of nitrogens with zero attached hydrogens (tertiary/aromatic N) is 4. The maximum absolute atomic E-state index is 6.23. The van der Waals surface area contributed by atoms with Crippen LogP contribution in [0.3, 0.4) is 0 Å². The van der Waals surface area contributed by atoms with Crippen LogP contribution in [0.15, 0.2) is 43.0 Å². The van der Waals surface area contributed by atoms with Crippen LogP contribution in [0.4, 0.5) is 0 Å². The second-order valence-corrected chi connectivity index (χ2v) is 5.05. The molecule has 0 N–H and O–H groups in total. The molecule has 0 aliphatic rings. The molecule has 0 radical (unpaired) electrons. The lowest BCUT2D eigenvalue weighted by molar-refractivity contribution is 0.742. The summed E-state index contributed by atoms with van der Waals surface area (Å²) < 4.78 is 2.13. The van der Waals surface area contributed by atoms with Gasteiger partial charge in [-0.25, -0.2) is 4.98 Å². The first-order valence-corrected chi connectivity index (χ1v) is 6.52. The van der Waals surface area contributed by atoms with Crippen LogP contribution in [0.5, 0.6) is 0 Å². The number of rotatable bonds is 3. The Balaban J connectivity index is 2.12. The van der Waals surface area contributed by atoms with Crippen molar-refractivity contribution in [3.05, 3.63) is 54.4 Å². The third kappa shape index (κ3) is 2.31. The van der Waals surface area contributed by atoms with E-state index in [0.717, 1.165) is 23.4 Å². The minimum atomic E-state index is -0.144. The zero-order chi connectivity index (χ0) is 13.2. The molecule has 19 heavy (non-hydrogen) atoms. The van der Waals surface area contributed by atoms with Gasteiger partial charge in [-0.1, -0.05) is 0 Å². The van der Waals surface area contributed by atoms with Crippen molar-refractivity contribution in [2.24, 2.45) is 0 Å². The molecule has 0 fully saturated rings. The van der Waals surface area contributed by atoms with Crippen LogP contribution in [-0.4, -0.2) is 19.5 Å². The molecule has 1 atom stereocenters. The molecule has 0 bridgehead atoms. The highest BCUT2D eigenvalue weighted by Gasteiger charge is 2.14. The molecule has 3 aromatic rings. The number of hydrogen-bond donors (Lipinski definition) is 0. The topological polar surface area (TPSA) is 43.6 Å². The molecule has 3 heterocycles. The van der Waals surface area contributed by atoms with Gasteiger partial charge in [0, 0.05) is 25.1 Å². The number of aromatic nitrogens is 4. The zero-order valence-corrected chi connectivity index (χ0v) is 11.2. The van der Waals surface area contributed by atoms with Crippen molar-refractivity contribution in [3.63, 3.8) is 0 Å². The van der Waals surface area contributed by atoms with Crippen LogP contribution in [0.2, 0.25) is 0 Å². The molecule has 3 rings (SSSR count). The molecule has 0 spiro atoms. The molecule has 1 unspecified atom stereocenters. The van der Waals surface area contributed by atoms with Crippen LogP contribution >= 0.6 is 11.6 Å². The number of halogens is 1. The van der Waals surface area contributed by atoms with Crippen LogP contribution < -0.4 is 0 Å². The van der Waals surface area contributed by atoms with Gasteiger partial charge in [0.05, 0.1) is 17.1 Å². The van der Waals surface area contributed by atoms with Gasteiger partial charge in [-0.05, 0) is 30.7 Å². The van der Waals surface area contributed by atoms with E-state index in [-0.39, 0.29) is 5.38 Å². The van der Waals surface area contributed by atoms with Crippen molar-refractivity contribution in [1.82, 2.24) is 19.5 Å². The second kappa shape index (κ2) is 4.97. The van der Waals surface area contributed by atoms with Gasteiger partial charge >= 0.3 is 0 Å². The Hall–Kier alpha value is -1.94. The van der Waals surface area contributed by atoms with Crippen molar-refractivity contribution in [2.75, 3.05) is 0 Å². The molecular formula is C14H13ClN4. The molecule has 0 saturated heterocycles. The molecule has 0 aliphatic heterocycles. The van der Waals surface area contributed by atoms with E-state index in [1.807, 2.05) is 25.1 Å². The summed E-state index contributed by atoms with van der Waals surface area (Å²) in [5, 5.41) is -0.144. The summed E-state index contributed by atoms with van der Waals surface area (Å²) in [6, 6.07) is 5.96. The van der Waals surface area contributed by atoms with Crippen LogP contribution in [-0.2, 0) is 6.54 Å². The third-order valence-electron chi connectivity index (χ3n) is 3.03. The monoisotopic (exact) mass is 272 g/mol. The average Bonchev–Trinajstić information content (AvgIpc) is 2.79. The highest BCUT2D eigenvalue weighted by Crippen LogP contribution is 2.24. The van der Waals surface area contributed by atoms with E-state index in [1.54, 1.807) is 24.8 Å². The molecule has 3 aromatic heterocycles.